The van der Waals surface area contributed by atoms with E-state index >= 15 is 0 Å². The van der Waals surface area contributed by atoms with Crippen molar-refractivity contribution in [2.75, 3.05) is 31.6 Å². The smallest absolute Gasteiger partial charge is 0.293 e. The van der Waals surface area contributed by atoms with Crippen molar-refractivity contribution in [3.8, 4) is 0 Å². The summed E-state index contributed by atoms with van der Waals surface area (Å²) < 4.78 is 28.0. The van der Waals surface area contributed by atoms with E-state index in [9.17, 15) is 18.5 Å². The molecule has 2 aliphatic heterocycles. The van der Waals surface area contributed by atoms with Crippen molar-refractivity contribution in [1.29, 1.82) is 0 Å². The van der Waals surface area contributed by atoms with Crippen LogP contribution in [0.2, 0.25) is 0 Å². The van der Waals surface area contributed by atoms with Gasteiger partial charge in [0.15, 0.2) is 0 Å². The van der Waals surface area contributed by atoms with Crippen LogP contribution in [0.3, 0.4) is 0 Å². The standard InChI is InChI=1S/C13H18N4O5S/c14-23(20,21)11-1-2-12(13(5-11)17(18)19)15-9-6-16(7-9)10-3-4-22-8-10/h1-2,5,9-10,15H,3-4,6-8H2,(H2,14,20,21). The summed E-state index contributed by atoms with van der Waals surface area (Å²) in [6.45, 7) is 3.07. The summed E-state index contributed by atoms with van der Waals surface area (Å²) in [7, 11) is -3.97. The maximum Gasteiger partial charge on any atom is 0.293 e. The highest BCUT2D eigenvalue weighted by atomic mass is 32.2. The average molecular weight is 342 g/mol. The van der Waals surface area contributed by atoms with Gasteiger partial charge in [-0.25, -0.2) is 13.6 Å². The second kappa shape index (κ2) is 6.04. The van der Waals surface area contributed by atoms with Gasteiger partial charge >= 0.3 is 0 Å². The number of sulfonamides is 1. The van der Waals surface area contributed by atoms with Crippen molar-refractivity contribution < 1.29 is 18.1 Å². The molecule has 2 fully saturated rings. The summed E-state index contributed by atoms with van der Waals surface area (Å²) in [6.07, 6.45) is 1.01. The van der Waals surface area contributed by atoms with Gasteiger partial charge in [0, 0.05) is 31.8 Å². The Hall–Kier alpha value is -1.75. The Bertz CT molecular complexity index is 711. The van der Waals surface area contributed by atoms with Gasteiger partial charge in [-0.1, -0.05) is 0 Å². The number of nitrogens with one attached hydrogen (secondary N) is 1. The lowest BCUT2D eigenvalue weighted by Crippen LogP contribution is -2.58. The van der Waals surface area contributed by atoms with Crippen molar-refractivity contribution in [2.24, 2.45) is 5.14 Å². The third-order valence-electron chi connectivity index (χ3n) is 4.19. The molecule has 23 heavy (non-hydrogen) atoms. The zero-order chi connectivity index (χ0) is 16.6. The van der Waals surface area contributed by atoms with Gasteiger partial charge in [-0.05, 0) is 18.6 Å². The zero-order valence-corrected chi connectivity index (χ0v) is 13.2. The number of primary sulfonamides is 1. The van der Waals surface area contributed by atoms with E-state index in [0.29, 0.717) is 11.7 Å². The second-order valence-electron chi connectivity index (χ2n) is 5.79. The number of hydrogen-bond donors (Lipinski definition) is 2. The number of benzene rings is 1. The molecule has 2 saturated heterocycles. The van der Waals surface area contributed by atoms with Crippen molar-refractivity contribution >= 4 is 21.4 Å². The lowest BCUT2D eigenvalue weighted by Gasteiger charge is -2.43. The van der Waals surface area contributed by atoms with Crippen molar-refractivity contribution in [3.05, 3.63) is 28.3 Å². The number of nitrogens with zero attached hydrogens (tertiary/aromatic N) is 2. The van der Waals surface area contributed by atoms with Crippen LogP contribution in [0.25, 0.3) is 0 Å². The molecule has 1 atom stereocenters. The van der Waals surface area contributed by atoms with E-state index in [1.807, 2.05) is 0 Å². The topological polar surface area (TPSA) is 128 Å². The number of nitrogens with two attached hydrogens (primary N) is 1. The highest BCUT2D eigenvalue weighted by Crippen LogP contribution is 2.30. The first-order valence-corrected chi connectivity index (χ1v) is 8.79. The Labute approximate surface area is 133 Å². The molecule has 2 aliphatic rings. The molecule has 0 amide bonds. The molecule has 1 aromatic carbocycles. The number of hydrogen-bond acceptors (Lipinski definition) is 7. The van der Waals surface area contributed by atoms with Crippen LogP contribution in [0.1, 0.15) is 6.42 Å². The molecule has 9 nitrogen and oxygen atoms in total. The van der Waals surface area contributed by atoms with Crippen LogP contribution in [0.4, 0.5) is 11.4 Å². The molecule has 0 aromatic heterocycles. The molecule has 0 spiro atoms. The Balaban J connectivity index is 1.69. The maximum absolute atomic E-state index is 11.3. The first-order valence-electron chi connectivity index (χ1n) is 7.24. The van der Waals surface area contributed by atoms with Gasteiger partial charge in [-0.2, -0.15) is 0 Å². The van der Waals surface area contributed by atoms with Crippen molar-refractivity contribution in [3.63, 3.8) is 0 Å². The van der Waals surface area contributed by atoms with Gasteiger partial charge in [-0.3, -0.25) is 15.0 Å². The fourth-order valence-electron chi connectivity index (χ4n) is 2.89. The van der Waals surface area contributed by atoms with E-state index in [0.717, 1.165) is 38.8 Å². The molecule has 10 heteroatoms. The van der Waals surface area contributed by atoms with Gasteiger partial charge in [-0.15, -0.1) is 0 Å². The Morgan fingerprint density at radius 2 is 2.13 bits per heavy atom. The van der Waals surface area contributed by atoms with Crippen LogP contribution in [0, 0.1) is 10.1 Å². The molecule has 1 aromatic rings. The summed E-state index contributed by atoms with van der Waals surface area (Å²) in [5.74, 6) is 0. The van der Waals surface area contributed by atoms with E-state index in [1.165, 1.54) is 12.1 Å². The molecule has 1 unspecified atom stereocenters. The SMILES string of the molecule is NS(=O)(=O)c1ccc(NC2CN(C3CCOC3)C2)c([N+](=O)[O-])c1. The Kier molecular flexibility index (Phi) is 4.23. The Morgan fingerprint density at radius 3 is 2.70 bits per heavy atom. The molecule has 2 heterocycles. The molecule has 0 aliphatic carbocycles. The Morgan fingerprint density at radius 1 is 1.39 bits per heavy atom. The molecule has 0 radical (unpaired) electrons. The molecule has 126 valence electrons. The van der Waals surface area contributed by atoms with E-state index in [4.69, 9.17) is 9.88 Å². The minimum atomic E-state index is -3.97. The molecule has 0 saturated carbocycles. The predicted octanol–water partition coefficient (Wildman–Crippen LogP) is 0.127. The summed E-state index contributed by atoms with van der Waals surface area (Å²) in [5.41, 5.74) is 0.00824. The zero-order valence-electron chi connectivity index (χ0n) is 12.3. The summed E-state index contributed by atoms with van der Waals surface area (Å²) in [5, 5.41) is 19.3. The number of rotatable bonds is 5. The van der Waals surface area contributed by atoms with Gasteiger partial charge in [0.25, 0.3) is 5.69 Å². The van der Waals surface area contributed by atoms with Crippen LogP contribution in [0.15, 0.2) is 23.1 Å². The first-order chi connectivity index (χ1) is 10.8. The monoisotopic (exact) mass is 342 g/mol. The van der Waals surface area contributed by atoms with Crippen molar-refractivity contribution in [1.82, 2.24) is 4.90 Å². The van der Waals surface area contributed by atoms with E-state index < -0.39 is 14.9 Å². The summed E-state index contributed by atoms with van der Waals surface area (Å²) in [6, 6.07) is 4.16. The largest absolute Gasteiger partial charge is 0.380 e. The summed E-state index contributed by atoms with van der Waals surface area (Å²) in [4.78, 5) is 12.6. The van der Waals surface area contributed by atoms with Crippen LogP contribution in [-0.4, -0.2) is 56.6 Å². The normalized spacial score (nSPS) is 22.7. The quantitative estimate of drug-likeness (QED) is 0.575. The number of anilines is 1. The summed E-state index contributed by atoms with van der Waals surface area (Å²) >= 11 is 0. The van der Waals surface area contributed by atoms with Gasteiger partial charge in [0.2, 0.25) is 10.0 Å². The minimum Gasteiger partial charge on any atom is -0.380 e. The molecule has 3 rings (SSSR count). The minimum absolute atomic E-state index is 0.0923. The fourth-order valence-corrected chi connectivity index (χ4v) is 3.43. The average Bonchev–Trinajstić information content (AvgIpc) is 2.94. The number of nitro groups is 1. The van der Waals surface area contributed by atoms with Gasteiger partial charge in [0.1, 0.15) is 5.69 Å². The van der Waals surface area contributed by atoms with Crippen LogP contribution >= 0.6 is 0 Å². The number of nitro benzene ring substituents is 1. The second-order valence-corrected chi connectivity index (χ2v) is 7.36. The number of ether oxygens (including phenoxy) is 1. The maximum atomic E-state index is 11.3. The van der Waals surface area contributed by atoms with Crippen LogP contribution < -0.4 is 10.5 Å². The fraction of sp³-hybridized carbons (Fsp3) is 0.538. The molecule has 0 bridgehead atoms. The molecular formula is C13H18N4O5S. The highest BCUT2D eigenvalue weighted by Gasteiger charge is 2.35. The third-order valence-corrected chi connectivity index (χ3v) is 5.10. The van der Waals surface area contributed by atoms with E-state index in [-0.39, 0.29) is 16.6 Å². The van der Waals surface area contributed by atoms with Crippen LogP contribution in [-0.2, 0) is 14.8 Å². The third kappa shape index (κ3) is 3.44. The lowest BCUT2D eigenvalue weighted by molar-refractivity contribution is -0.384. The van der Waals surface area contributed by atoms with E-state index in [2.05, 4.69) is 10.2 Å². The van der Waals surface area contributed by atoms with Gasteiger partial charge in [0.05, 0.1) is 22.5 Å². The highest BCUT2D eigenvalue weighted by molar-refractivity contribution is 7.89. The predicted molar refractivity (Wildman–Crippen MR) is 82.7 cm³/mol. The lowest BCUT2D eigenvalue weighted by atomic mass is 10.0. The molecule has 3 N–H and O–H groups in total. The van der Waals surface area contributed by atoms with Crippen LogP contribution in [0.5, 0.6) is 0 Å². The van der Waals surface area contributed by atoms with Crippen molar-refractivity contribution in [2.45, 2.75) is 23.4 Å². The molecular weight excluding hydrogens is 324 g/mol. The first kappa shape index (κ1) is 16.1. The van der Waals surface area contributed by atoms with E-state index in [1.54, 1.807) is 0 Å². The van der Waals surface area contributed by atoms with Gasteiger partial charge < -0.3 is 10.1 Å². The number of likely N-dealkylation sites (tertiary alicyclic amines) is 1.